The van der Waals surface area contributed by atoms with Crippen LogP contribution in [0.3, 0.4) is 0 Å². The zero-order chi connectivity index (χ0) is 6.85. The lowest BCUT2D eigenvalue weighted by Crippen LogP contribution is -2.27. The Morgan fingerprint density at radius 2 is 2.33 bits per heavy atom. The molecule has 0 spiro atoms. The SMILES string of the molecule is CCN(C(=O)Br)C1CC1. The van der Waals surface area contributed by atoms with Crippen LogP contribution < -0.4 is 0 Å². The lowest BCUT2D eigenvalue weighted by Gasteiger charge is -2.15. The average molecular weight is 192 g/mol. The molecule has 1 fully saturated rings. The number of nitrogens with zero attached hydrogens (tertiary/aromatic N) is 1. The lowest BCUT2D eigenvalue weighted by atomic mass is 10.5. The van der Waals surface area contributed by atoms with Gasteiger partial charge < -0.3 is 4.90 Å². The maximum atomic E-state index is 10.7. The van der Waals surface area contributed by atoms with Gasteiger partial charge in [0.15, 0.2) is 0 Å². The largest absolute Gasteiger partial charge is 0.331 e. The van der Waals surface area contributed by atoms with Crippen molar-refractivity contribution < 1.29 is 4.79 Å². The number of rotatable bonds is 2. The van der Waals surface area contributed by atoms with Gasteiger partial charge in [0.2, 0.25) is 0 Å². The minimum Gasteiger partial charge on any atom is -0.331 e. The number of carbonyl (C=O) groups is 1. The van der Waals surface area contributed by atoms with Crippen molar-refractivity contribution >= 4 is 20.7 Å². The minimum atomic E-state index is 0.0347. The van der Waals surface area contributed by atoms with Gasteiger partial charge in [-0.3, -0.25) is 4.79 Å². The summed E-state index contributed by atoms with van der Waals surface area (Å²) in [5, 5.41) is 0. The van der Waals surface area contributed by atoms with E-state index in [-0.39, 0.29) is 4.82 Å². The highest BCUT2D eigenvalue weighted by molar-refractivity contribution is 9.18. The molecule has 0 aliphatic heterocycles. The van der Waals surface area contributed by atoms with Crippen LogP contribution in [-0.2, 0) is 0 Å². The predicted octanol–water partition coefficient (Wildman–Crippen LogP) is 1.99. The van der Waals surface area contributed by atoms with Gasteiger partial charge in [-0.15, -0.1) is 0 Å². The molecule has 9 heavy (non-hydrogen) atoms. The molecule has 1 amide bonds. The molecule has 1 saturated carbocycles. The Hall–Kier alpha value is -0.0500. The van der Waals surface area contributed by atoms with Gasteiger partial charge in [-0.05, 0) is 19.8 Å². The molecule has 0 bridgehead atoms. The first-order chi connectivity index (χ1) is 4.25. The lowest BCUT2D eigenvalue weighted by molar-refractivity contribution is 0.224. The van der Waals surface area contributed by atoms with E-state index in [1.54, 1.807) is 0 Å². The average Bonchev–Trinajstić information content (AvgIpc) is 2.50. The second-order valence-electron chi connectivity index (χ2n) is 2.27. The number of hydrogen-bond acceptors (Lipinski definition) is 1. The molecule has 0 atom stereocenters. The Labute approximate surface area is 63.3 Å². The first-order valence-electron chi connectivity index (χ1n) is 3.21. The third kappa shape index (κ3) is 1.68. The highest BCUT2D eigenvalue weighted by Crippen LogP contribution is 2.27. The molecule has 1 aliphatic rings. The van der Waals surface area contributed by atoms with E-state index in [2.05, 4.69) is 15.9 Å². The molecule has 1 aliphatic carbocycles. The van der Waals surface area contributed by atoms with E-state index in [0.717, 1.165) is 6.54 Å². The number of hydrogen-bond donors (Lipinski definition) is 0. The molecule has 52 valence electrons. The number of halogens is 1. The third-order valence-electron chi connectivity index (χ3n) is 1.55. The van der Waals surface area contributed by atoms with Crippen LogP contribution in [0, 0.1) is 0 Å². The molecule has 3 heteroatoms. The summed E-state index contributed by atoms with van der Waals surface area (Å²) in [7, 11) is 0. The van der Waals surface area contributed by atoms with Crippen LogP contribution in [0.2, 0.25) is 0 Å². The standard InChI is InChI=1S/C6H10BrNO/c1-2-8(6(7)9)5-3-4-5/h5H,2-4H2,1H3. The normalized spacial score (nSPS) is 17.6. The van der Waals surface area contributed by atoms with Crippen LogP contribution in [0.25, 0.3) is 0 Å². The van der Waals surface area contributed by atoms with Crippen molar-refractivity contribution in [1.29, 1.82) is 0 Å². The molecule has 0 aromatic rings. The summed E-state index contributed by atoms with van der Waals surface area (Å²) in [6, 6.07) is 0.543. The Bertz CT molecular complexity index is 122. The Balaban J connectivity index is 2.37. The van der Waals surface area contributed by atoms with Gasteiger partial charge in [0.1, 0.15) is 0 Å². The number of carbonyl (C=O) groups excluding carboxylic acids is 1. The van der Waals surface area contributed by atoms with Crippen molar-refractivity contribution in [2.45, 2.75) is 25.8 Å². The fourth-order valence-electron chi connectivity index (χ4n) is 0.912. The third-order valence-corrected chi connectivity index (χ3v) is 2.01. The maximum absolute atomic E-state index is 10.7. The van der Waals surface area contributed by atoms with Gasteiger partial charge in [-0.2, -0.15) is 0 Å². The van der Waals surface area contributed by atoms with Crippen molar-refractivity contribution in [3.05, 3.63) is 0 Å². The monoisotopic (exact) mass is 191 g/mol. The van der Waals surface area contributed by atoms with Crippen molar-refractivity contribution in [2.75, 3.05) is 6.54 Å². The second kappa shape index (κ2) is 2.69. The fraction of sp³-hybridized carbons (Fsp3) is 0.833. The van der Waals surface area contributed by atoms with Gasteiger partial charge in [0, 0.05) is 28.5 Å². The molecule has 0 unspecified atom stereocenters. The Morgan fingerprint density at radius 3 is 2.44 bits per heavy atom. The zero-order valence-corrected chi connectivity index (χ0v) is 7.02. The second-order valence-corrected chi connectivity index (χ2v) is 2.95. The molecule has 0 aromatic carbocycles. The van der Waals surface area contributed by atoms with Crippen LogP contribution >= 0.6 is 15.9 Å². The van der Waals surface area contributed by atoms with Crippen molar-refractivity contribution in [1.82, 2.24) is 4.90 Å². The molecule has 0 saturated heterocycles. The van der Waals surface area contributed by atoms with Crippen LogP contribution in [0.1, 0.15) is 19.8 Å². The summed E-state index contributed by atoms with van der Waals surface area (Å²) in [4.78, 5) is 12.6. The quantitative estimate of drug-likeness (QED) is 0.483. The predicted molar refractivity (Wildman–Crippen MR) is 39.7 cm³/mol. The molecular formula is C6H10BrNO. The van der Waals surface area contributed by atoms with E-state index >= 15 is 0 Å². The highest BCUT2D eigenvalue weighted by Gasteiger charge is 2.29. The topological polar surface area (TPSA) is 20.3 Å². The van der Waals surface area contributed by atoms with E-state index in [1.165, 1.54) is 12.8 Å². The summed E-state index contributed by atoms with van der Waals surface area (Å²) in [5.41, 5.74) is 0. The summed E-state index contributed by atoms with van der Waals surface area (Å²) in [6.45, 7) is 2.83. The van der Waals surface area contributed by atoms with Gasteiger partial charge in [0.25, 0.3) is 4.82 Å². The molecule has 0 aromatic heterocycles. The fourth-order valence-corrected chi connectivity index (χ4v) is 1.45. The van der Waals surface area contributed by atoms with Crippen LogP contribution in [0.15, 0.2) is 0 Å². The number of amides is 1. The first-order valence-corrected chi connectivity index (χ1v) is 4.01. The zero-order valence-electron chi connectivity index (χ0n) is 5.43. The van der Waals surface area contributed by atoms with Gasteiger partial charge >= 0.3 is 0 Å². The maximum Gasteiger partial charge on any atom is 0.289 e. The molecule has 2 nitrogen and oxygen atoms in total. The summed E-state index contributed by atoms with van der Waals surface area (Å²) in [5.74, 6) is 0. The van der Waals surface area contributed by atoms with Gasteiger partial charge in [-0.1, -0.05) is 0 Å². The van der Waals surface area contributed by atoms with E-state index in [9.17, 15) is 4.79 Å². The van der Waals surface area contributed by atoms with E-state index in [0.29, 0.717) is 6.04 Å². The smallest absolute Gasteiger partial charge is 0.289 e. The molecule has 0 radical (unpaired) electrons. The first kappa shape index (κ1) is 7.06. The van der Waals surface area contributed by atoms with Crippen LogP contribution in [-0.4, -0.2) is 22.3 Å². The van der Waals surface area contributed by atoms with Crippen molar-refractivity contribution in [2.24, 2.45) is 0 Å². The van der Waals surface area contributed by atoms with Gasteiger partial charge in [0.05, 0.1) is 0 Å². The van der Waals surface area contributed by atoms with E-state index < -0.39 is 0 Å². The summed E-state index contributed by atoms with van der Waals surface area (Å²) < 4.78 is 0. The highest BCUT2D eigenvalue weighted by atomic mass is 79.9. The molecular weight excluding hydrogens is 182 g/mol. The van der Waals surface area contributed by atoms with Crippen molar-refractivity contribution in [3.63, 3.8) is 0 Å². The Morgan fingerprint density at radius 1 is 1.78 bits per heavy atom. The molecule has 1 rings (SSSR count). The van der Waals surface area contributed by atoms with Crippen LogP contribution in [0.5, 0.6) is 0 Å². The van der Waals surface area contributed by atoms with E-state index in [4.69, 9.17) is 0 Å². The van der Waals surface area contributed by atoms with Gasteiger partial charge in [-0.25, -0.2) is 0 Å². The van der Waals surface area contributed by atoms with Crippen LogP contribution in [0.4, 0.5) is 4.79 Å². The molecule has 0 N–H and O–H groups in total. The summed E-state index contributed by atoms with van der Waals surface area (Å²) in [6.07, 6.45) is 2.37. The summed E-state index contributed by atoms with van der Waals surface area (Å²) >= 11 is 2.93. The molecule has 0 heterocycles. The van der Waals surface area contributed by atoms with E-state index in [1.807, 2.05) is 11.8 Å². The van der Waals surface area contributed by atoms with Crippen molar-refractivity contribution in [3.8, 4) is 0 Å². The minimum absolute atomic E-state index is 0.0347. The Kier molecular flexibility index (Phi) is 2.11.